The van der Waals surface area contributed by atoms with E-state index in [1.807, 2.05) is 45.0 Å². The summed E-state index contributed by atoms with van der Waals surface area (Å²) in [7, 11) is 0. The standard InChI is InChI=1S/C26H36N4O2/c1-17-12-13-18(2)20(14-17)30-23(31)21-15-22(25(3,4)5)28-29(21)16-26(30,6)24(32)27-19-10-8-7-9-11-19/h12-15,19H,7-11,16H2,1-6H3,(H,27,32)/t26-/m1/s1. The first-order valence-corrected chi connectivity index (χ1v) is 11.8. The number of hydrogen-bond acceptors (Lipinski definition) is 3. The summed E-state index contributed by atoms with van der Waals surface area (Å²) in [6.45, 7) is 12.5. The van der Waals surface area contributed by atoms with Crippen LogP contribution in [0.25, 0.3) is 0 Å². The fourth-order valence-corrected chi connectivity index (χ4v) is 4.87. The van der Waals surface area contributed by atoms with E-state index in [0.29, 0.717) is 12.2 Å². The van der Waals surface area contributed by atoms with Gasteiger partial charge in [0.25, 0.3) is 5.91 Å². The number of aromatic nitrogens is 2. The summed E-state index contributed by atoms with van der Waals surface area (Å²) < 4.78 is 1.74. The van der Waals surface area contributed by atoms with Crippen molar-refractivity contribution in [3.8, 4) is 0 Å². The third-order valence-corrected chi connectivity index (χ3v) is 6.96. The number of rotatable bonds is 3. The predicted octanol–water partition coefficient (Wildman–Crippen LogP) is 4.67. The van der Waals surface area contributed by atoms with E-state index in [1.165, 1.54) is 6.42 Å². The van der Waals surface area contributed by atoms with Gasteiger partial charge in [0.15, 0.2) is 0 Å². The van der Waals surface area contributed by atoms with Crippen LogP contribution in [0.3, 0.4) is 0 Å². The van der Waals surface area contributed by atoms with Crippen LogP contribution in [0.15, 0.2) is 24.3 Å². The number of benzene rings is 1. The molecule has 1 aromatic carbocycles. The van der Waals surface area contributed by atoms with Gasteiger partial charge in [0.05, 0.1) is 12.2 Å². The quantitative estimate of drug-likeness (QED) is 0.761. The zero-order chi connectivity index (χ0) is 23.3. The zero-order valence-corrected chi connectivity index (χ0v) is 20.3. The summed E-state index contributed by atoms with van der Waals surface area (Å²) in [4.78, 5) is 29.4. The van der Waals surface area contributed by atoms with Gasteiger partial charge in [-0.25, -0.2) is 0 Å². The van der Waals surface area contributed by atoms with Gasteiger partial charge in [-0.2, -0.15) is 5.10 Å². The van der Waals surface area contributed by atoms with Crippen LogP contribution >= 0.6 is 0 Å². The first-order valence-electron chi connectivity index (χ1n) is 11.8. The molecule has 6 heteroatoms. The van der Waals surface area contributed by atoms with Crippen molar-refractivity contribution in [2.45, 2.75) is 97.2 Å². The van der Waals surface area contributed by atoms with Crippen LogP contribution in [-0.4, -0.2) is 33.2 Å². The number of aryl methyl sites for hydroxylation is 2. The molecule has 1 atom stereocenters. The topological polar surface area (TPSA) is 67.2 Å². The molecule has 2 aliphatic rings. The molecule has 172 valence electrons. The number of nitrogens with zero attached hydrogens (tertiary/aromatic N) is 3. The highest BCUT2D eigenvalue weighted by Gasteiger charge is 2.50. The van der Waals surface area contributed by atoms with Gasteiger partial charge in [-0.3, -0.25) is 19.2 Å². The monoisotopic (exact) mass is 436 g/mol. The number of nitrogens with one attached hydrogen (secondary N) is 1. The fraction of sp³-hybridized carbons (Fsp3) is 0.577. The SMILES string of the molecule is Cc1ccc(C)c(N2C(=O)c3cc(C(C)(C)C)nn3C[C@]2(C)C(=O)NC2CCCCC2)c1. The Kier molecular flexibility index (Phi) is 5.68. The Balaban J connectivity index is 1.81. The minimum atomic E-state index is -1.07. The molecular formula is C26H36N4O2. The van der Waals surface area contributed by atoms with E-state index >= 15 is 0 Å². The van der Waals surface area contributed by atoms with Crippen molar-refractivity contribution in [1.82, 2.24) is 15.1 Å². The van der Waals surface area contributed by atoms with Crippen LogP contribution in [0.2, 0.25) is 0 Å². The summed E-state index contributed by atoms with van der Waals surface area (Å²) >= 11 is 0. The van der Waals surface area contributed by atoms with Gasteiger partial charge in [-0.1, -0.05) is 52.2 Å². The van der Waals surface area contributed by atoms with E-state index in [2.05, 4.69) is 26.1 Å². The van der Waals surface area contributed by atoms with Crippen molar-refractivity contribution in [2.75, 3.05) is 4.90 Å². The second-order valence-corrected chi connectivity index (χ2v) is 10.8. The van der Waals surface area contributed by atoms with E-state index in [4.69, 9.17) is 5.10 Å². The molecule has 1 N–H and O–H groups in total. The van der Waals surface area contributed by atoms with E-state index < -0.39 is 5.54 Å². The Morgan fingerprint density at radius 2 is 1.81 bits per heavy atom. The van der Waals surface area contributed by atoms with Crippen molar-refractivity contribution in [2.24, 2.45) is 0 Å². The summed E-state index contributed by atoms with van der Waals surface area (Å²) in [5, 5.41) is 8.03. The second-order valence-electron chi connectivity index (χ2n) is 10.8. The normalized spacial score (nSPS) is 22.1. The lowest BCUT2D eigenvalue weighted by Crippen LogP contribution is -2.65. The number of anilines is 1. The Bertz CT molecular complexity index is 1040. The van der Waals surface area contributed by atoms with Crippen LogP contribution in [0.5, 0.6) is 0 Å². The highest BCUT2D eigenvalue weighted by atomic mass is 16.2. The predicted molar refractivity (Wildman–Crippen MR) is 127 cm³/mol. The summed E-state index contributed by atoms with van der Waals surface area (Å²) in [6, 6.07) is 8.13. The van der Waals surface area contributed by atoms with E-state index in [9.17, 15) is 9.59 Å². The van der Waals surface area contributed by atoms with Crippen molar-refractivity contribution < 1.29 is 9.59 Å². The molecule has 2 aromatic rings. The number of fused-ring (bicyclic) bond motifs is 1. The molecular weight excluding hydrogens is 400 g/mol. The summed E-state index contributed by atoms with van der Waals surface area (Å²) in [5.74, 6) is -0.272. The van der Waals surface area contributed by atoms with Gasteiger partial charge < -0.3 is 5.32 Å². The lowest BCUT2D eigenvalue weighted by Gasteiger charge is -2.44. The van der Waals surface area contributed by atoms with Crippen LogP contribution in [-0.2, 0) is 16.8 Å². The third kappa shape index (κ3) is 3.96. The number of amides is 2. The first kappa shape index (κ1) is 22.6. The van der Waals surface area contributed by atoms with Crippen molar-refractivity contribution >= 4 is 17.5 Å². The molecule has 0 saturated heterocycles. The maximum Gasteiger partial charge on any atom is 0.277 e. The first-order chi connectivity index (χ1) is 15.0. The Morgan fingerprint density at radius 1 is 1.12 bits per heavy atom. The smallest absolute Gasteiger partial charge is 0.277 e. The van der Waals surface area contributed by atoms with E-state index in [-0.39, 0.29) is 23.3 Å². The number of hydrogen-bond donors (Lipinski definition) is 1. The Hall–Kier alpha value is -2.63. The molecule has 0 spiro atoms. The molecule has 2 heterocycles. The molecule has 0 unspecified atom stereocenters. The molecule has 1 fully saturated rings. The molecule has 6 nitrogen and oxygen atoms in total. The number of carbonyl (C=O) groups excluding carboxylic acids is 2. The summed E-state index contributed by atoms with van der Waals surface area (Å²) in [6.07, 6.45) is 5.50. The van der Waals surface area contributed by atoms with Gasteiger partial charge in [-0.05, 0) is 56.9 Å². The van der Waals surface area contributed by atoms with Gasteiger partial charge in [-0.15, -0.1) is 0 Å². The second kappa shape index (κ2) is 8.05. The van der Waals surface area contributed by atoms with Gasteiger partial charge in [0.1, 0.15) is 11.2 Å². The van der Waals surface area contributed by atoms with Gasteiger partial charge in [0, 0.05) is 17.1 Å². The van der Waals surface area contributed by atoms with Crippen LogP contribution in [0.4, 0.5) is 5.69 Å². The maximum atomic E-state index is 13.9. The average Bonchev–Trinajstić information content (AvgIpc) is 3.16. The third-order valence-electron chi connectivity index (χ3n) is 6.96. The Labute approximate surface area is 191 Å². The lowest BCUT2D eigenvalue weighted by atomic mass is 9.90. The van der Waals surface area contributed by atoms with Crippen molar-refractivity contribution in [3.63, 3.8) is 0 Å². The van der Waals surface area contributed by atoms with Crippen LogP contribution < -0.4 is 10.2 Å². The zero-order valence-electron chi connectivity index (χ0n) is 20.3. The van der Waals surface area contributed by atoms with E-state index in [0.717, 1.165) is 48.2 Å². The van der Waals surface area contributed by atoms with Crippen LogP contribution in [0.1, 0.15) is 87.1 Å². The average molecular weight is 437 g/mol. The lowest BCUT2D eigenvalue weighted by molar-refractivity contribution is -0.127. The van der Waals surface area contributed by atoms with Crippen molar-refractivity contribution in [3.05, 3.63) is 46.8 Å². The van der Waals surface area contributed by atoms with Crippen molar-refractivity contribution in [1.29, 1.82) is 0 Å². The Morgan fingerprint density at radius 3 is 2.47 bits per heavy atom. The van der Waals surface area contributed by atoms with Gasteiger partial charge >= 0.3 is 0 Å². The molecule has 4 rings (SSSR count). The minimum absolute atomic E-state index is 0.0999. The molecule has 2 amide bonds. The highest BCUT2D eigenvalue weighted by Crippen LogP contribution is 2.36. The minimum Gasteiger partial charge on any atom is -0.351 e. The van der Waals surface area contributed by atoms with E-state index in [1.54, 1.807) is 9.58 Å². The molecule has 0 bridgehead atoms. The highest BCUT2D eigenvalue weighted by molar-refractivity contribution is 6.12. The summed E-state index contributed by atoms with van der Waals surface area (Å²) in [5.41, 5.74) is 2.97. The maximum absolute atomic E-state index is 13.9. The molecule has 1 saturated carbocycles. The van der Waals surface area contributed by atoms with Gasteiger partial charge in [0.2, 0.25) is 5.91 Å². The van der Waals surface area contributed by atoms with Crippen LogP contribution in [0, 0.1) is 13.8 Å². The molecule has 32 heavy (non-hydrogen) atoms. The fourth-order valence-electron chi connectivity index (χ4n) is 4.87. The molecule has 1 aliphatic heterocycles. The largest absolute Gasteiger partial charge is 0.351 e. The number of carbonyl (C=O) groups is 2. The molecule has 1 aromatic heterocycles. The molecule has 0 radical (unpaired) electrons. The molecule has 1 aliphatic carbocycles.